The largest absolute Gasteiger partial charge is 0.333 e. The third-order valence-corrected chi connectivity index (χ3v) is 3.66. The van der Waals surface area contributed by atoms with Gasteiger partial charge in [-0.05, 0) is 31.3 Å². The molecule has 0 bridgehead atoms. The Bertz CT molecular complexity index is 519. The monoisotopic (exact) mass is 267 g/mol. The number of hydrogen-bond acceptors (Lipinski definition) is 7. The highest BCUT2D eigenvalue weighted by Crippen LogP contribution is 2.27. The molecule has 98 valence electrons. The van der Waals surface area contributed by atoms with Gasteiger partial charge in [-0.2, -0.15) is 4.98 Å². The smallest absolute Gasteiger partial charge is 0.271 e. The summed E-state index contributed by atoms with van der Waals surface area (Å²) >= 11 is 1.28. The summed E-state index contributed by atoms with van der Waals surface area (Å²) in [5.74, 6) is 0.990. The molecular formula is C11H17N5OS. The molecule has 0 aromatic carbocycles. The Kier molecular flexibility index (Phi) is 3.72. The number of aromatic nitrogens is 4. The molecule has 2 N–H and O–H groups in total. The van der Waals surface area contributed by atoms with E-state index in [4.69, 9.17) is 10.3 Å². The van der Waals surface area contributed by atoms with Crippen LogP contribution < -0.4 is 5.73 Å². The molecule has 0 aliphatic rings. The Hall–Kier alpha value is -1.34. The van der Waals surface area contributed by atoms with Gasteiger partial charge in [0, 0.05) is 0 Å². The van der Waals surface area contributed by atoms with Crippen molar-refractivity contribution in [3.63, 3.8) is 0 Å². The molecular weight excluding hydrogens is 250 g/mol. The van der Waals surface area contributed by atoms with E-state index in [2.05, 4.69) is 26.7 Å². The third-order valence-electron chi connectivity index (χ3n) is 2.91. The van der Waals surface area contributed by atoms with Crippen molar-refractivity contribution in [1.82, 2.24) is 19.7 Å². The fraction of sp³-hybridized carbons (Fsp3) is 0.636. The van der Waals surface area contributed by atoms with Crippen molar-refractivity contribution >= 4 is 11.5 Å². The number of nitrogens with zero attached hydrogens (tertiary/aromatic N) is 4. The topological polar surface area (TPSA) is 90.7 Å². The van der Waals surface area contributed by atoms with E-state index < -0.39 is 5.54 Å². The molecule has 0 saturated heterocycles. The zero-order valence-electron chi connectivity index (χ0n) is 10.8. The van der Waals surface area contributed by atoms with Crippen LogP contribution in [0.1, 0.15) is 45.1 Å². The van der Waals surface area contributed by atoms with Gasteiger partial charge in [-0.15, -0.1) is 5.10 Å². The highest BCUT2D eigenvalue weighted by Gasteiger charge is 2.27. The van der Waals surface area contributed by atoms with Crippen LogP contribution >= 0.6 is 11.5 Å². The van der Waals surface area contributed by atoms with Crippen molar-refractivity contribution in [2.24, 2.45) is 5.73 Å². The summed E-state index contributed by atoms with van der Waals surface area (Å²) in [6.45, 7) is 5.97. The van der Waals surface area contributed by atoms with Gasteiger partial charge in [0.1, 0.15) is 4.88 Å². The predicted octanol–water partition coefficient (Wildman–Crippen LogP) is 2.12. The fourth-order valence-corrected chi connectivity index (χ4v) is 2.11. The van der Waals surface area contributed by atoms with Crippen LogP contribution in [0.15, 0.2) is 4.52 Å². The molecule has 2 aromatic heterocycles. The molecule has 0 saturated carbocycles. The minimum atomic E-state index is -0.565. The van der Waals surface area contributed by atoms with Gasteiger partial charge in [-0.1, -0.05) is 29.9 Å². The second kappa shape index (κ2) is 5.11. The van der Waals surface area contributed by atoms with Crippen LogP contribution in [-0.2, 0) is 12.0 Å². The Labute approximate surface area is 110 Å². The van der Waals surface area contributed by atoms with Crippen LogP contribution in [0.2, 0.25) is 0 Å². The summed E-state index contributed by atoms with van der Waals surface area (Å²) in [6, 6.07) is 0. The third kappa shape index (κ3) is 2.41. The number of nitrogens with two attached hydrogens (primary N) is 1. The van der Waals surface area contributed by atoms with E-state index in [0.717, 1.165) is 29.8 Å². The fourth-order valence-electron chi connectivity index (χ4n) is 1.48. The van der Waals surface area contributed by atoms with Crippen molar-refractivity contribution in [3.05, 3.63) is 11.5 Å². The van der Waals surface area contributed by atoms with E-state index in [1.807, 2.05) is 13.8 Å². The summed E-state index contributed by atoms with van der Waals surface area (Å²) in [4.78, 5) is 5.22. The highest BCUT2D eigenvalue weighted by atomic mass is 32.1. The number of aryl methyl sites for hydroxylation is 1. The minimum Gasteiger partial charge on any atom is -0.333 e. The molecule has 2 aromatic rings. The quantitative estimate of drug-likeness (QED) is 0.892. The standard InChI is InChI=1S/C11H17N5OS/c1-4-6-7-8(18-16-14-7)9-13-10(15-17-9)11(3,12)5-2/h4-6,12H2,1-3H3. The minimum absolute atomic E-state index is 0.466. The summed E-state index contributed by atoms with van der Waals surface area (Å²) in [7, 11) is 0. The van der Waals surface area contributed by atoms with Crippen LogP contribution in [0.3, 0.4) is 0 Å². The SMILES string of the molecule is CCCc1nnsc1-c1nc(C(C)(N)CC)no1. The van der Waals surface area contributed by atoms with E-state index in [0.29, 0.717) is 11.7 Å². The lowest BCUT2D eigenvalue weighted by Gasteiger charge is -2.16. The molecule has 0 aliphatic carbocycles. The van der Waals surface area contributed by atoms with Crippen LogP contribution in [0.25, 0.3) is 10.8 Å². The zero-order valence-corrected chi connectivity index (χ0v) is 11.6. The number of hydrogen-bond donors (Lipinski definition) is 1. The molecule has 6 nitrogen and oxygen atoms in total. The van der Waals surface area contributed by atoms with Crippen LogP contribution in [0.4, 0.5) is 0 Å². The van der Waals surface area contributed by atoms with Gasteiger partial charge in [-0.3, -0.25) is 0 Å². The Morgan fingerprint density at radius 2 is 2.17 bits per heavy atom. The zero-order chi connectivity index (χ0) is 13.2. The van der Waals surface area contributed by atoms with Crippen molar-refractivity contribution in [3.8, 4) is 10.8 Å². The maximum atomic E-state index is 6.09. The van der Waals surface area contributed by atoms with Crippen molar-refractivity contribution < 1.29 is 4.52 Å². The van der Waals surface area contributed by atoms with Crippen LogP contribution in [0.5, 0.6) is 0 Å². The second-order valence-electron chi connectivity index (χ2n) is 4.49. The lowest BCUT2D eigenvalue weighted by atomic mass is 10.0. The molecule has 2 rings (SSSR count). The first-order valence-corrected chi connectivity index (χ1v) is 6.80. The van der Waals surface area contributed by atoms with Crippen LogP contribution in [-0.4, -0.2) is 19.7 Å². The molecule has 1 unspecified atom stereocenters. The van der Waals surface area contributed by atoms with E-state index >= 15 is 0 Å². The highest BCUT2D eigenvalue weighted by molar-refractivity contribution is 7.09. The Balaban J connectivity index is 2.32. The van der Waals surface area contributed by atoms with Gasteiger partial charge in [-0.25, -0.2) is 0 Å². The first-order chi connectivity index (χ1) is 8.58. The van der Waals surface area contributed by atoms with Gasteiger partial charge in [0.2, 0.25) is 0 Å². The van der Waals surface area contributed by atoms with Crippen LogP contribution in [0, 0.1) is 0 Å². The molecule has 0 amide bonds. The molecule has 2 heterocycles. The van der Waals surface area contributed by atoms with E-state index in [1.54, 1.807) is 0 Å². The Morgan fingerprint density at radius 1 is 1.39 bits per heavy atom. The summed E-state index contributed by atoms with van der Waals surface area (Å²) < 4.78 is 9.21. The number of rotatable bonds is 5. The van der Waals surface area contributed by atoms with Gasteiger partial charge >= 0.3 is 0 Å². The van der Waals surface area contributed by atoms with E-state index in [1.165, 1.54) is 11.5 Å². The molecule has 0 spiro atoms. The summed E-state index contributed by atoms with van der Waals surface area (Å²) in [5, 5.41) is 8.04. The molecule has 1 atom stereocenters. The molecule has 7 heteroatoms. The summed E-state index contributed by atoms with van der Waals surface area (Å²) in [5.41, 5.74) is 6.43. The van der Waals surface area contributed by atoms with Gasteiger partial charge < -0.3 is 10.3 Å². The lowest BCUT2D eigenvalue weighted by Crippen LogP contribution is -2.33. The summed E-state index contributed by atoms with van der Waals surface area (Å²) in [6.07, 6.45) is 2.61. The average molecular weight is 267 g/mol. The molecule has 0 radical (unpaired) electrons. The van der Waals surface area contributed by atoms with Gasteiger partial charge in [0.15, 0.2) is 5.82 Å². The maximum Gasteiger partial charge on any atom is 0.271 e. The van der Waals surface area contributed by atoms with E-state index in [-0.39, 0.29) is 0 Å². The van der Waals surface area contributed by atoms with Gasteiger partial charge in [0.25, 0.3) is 5.89 Å². The van der Waals surface area contributed by atoms with Crippen molar-refractivity contribution in [2.45, 2.75) is 45.6 Å². The van der Waals surface area contributed by atoms with Crippen molar-refractivity contribution in [2.75, 3.05) is 0 Å². The lowest BCUT2D eigenvalue weighted by molar-refractivity contribution is 0.379. The molecule has 18 heavy (non-hydrogen) atoms. The molecule has 0 fully saturated rings. The van der Waals surface area contributed by atoms with Gasteiger partial charge in [0.05, 0.1) is 11.2 Å². The Morgan fingerprint density at radius 3 is 2.83 bits per heavy atom. The first kappa shape index (κ1) is 13.1. The first-order valence-electron chi connectivity index (χ1n) is 6.03. The molecule has 0 aliphatic heterocycles. The average Bonchev–Trinajstić information content (AvgIpc) is 2.97. The normalized spacial score (nSPS) is 14.7. The maximum absolute atomic E-state index is 6.09. The van der Waals surface area contributed by atoms with Crippen molar-refractivity contribution in [1.29, 1.82) is 0 Å². The van der Waals surface area contributed by atoms with E-state index in [9.17, 15) is 0 Å². The predicted molar refractivity (Wildman–Crippen MR) is 69.0 cm³/mol. The second-order valence-corrected chi connectivity index (χ2v) is 5.25.